The van der Waals surface area contributed by atoms with Crippen LogP contribution in [0.15, 0.2) is 20.9 Å². The largest absolute Gasteiger partial charge is 0.360 e. The summed E-state index contributed by atoms with van der Waals surface area (Å²) in [6, 6.07) is 3.39. The minimum absolute atomic E-state index is 0.0987. The molecule has 0 radical (unpaired) electrons. The van der Waals surface area contributed by atoms with Gasteiger partial charge in [0, 0.05) is 17.5 Å². The van der Waals surface area contributed by atoms with Gasteiger partial charge in [-0.25, -0.2) is 13.1 Å². The van der Waals surface area contributed by atoms with E-state index in [-0.39, 0.29) is 6.54 Å². The Morgan fingerprint density at radius 3 is 2.65 bits per heavy atom. The average molecular weight is 315 g/mol. The number of aromatic nitrogens is 1. The van der Waals surface area contributed by atoms with E-state index in [2.05, 4.69) is 15.2 Å². The molecule has 0 saturated heterocycles. The van der Waals surface area contributed by atoms with E-state index in [1.54, 1.807) is 19.1 Å². The molecule has 0 atom stereocenters. The molecular formula is C12H17N3O3S2. The minimum atomic E-state index is -3.52. The standard InChI is InChI=1S/C12H17N3O3S2/c1-8-4-12(19-11(8)7-13-3)20(16,17)14-6-10-5-9(2)15-18-10/h4-5,13-14H,6-7H2,1-3H3. The second-order valence-electron chi connectivity index (χ2n) is 4.46. The normalized spacial score (nSPS) is 11.9. The fraction of sp³-hybridized carbons (Fsp3) is 0.417. The van der Waals surface area contributed by atoms with Crippen LogP contribution < -0.4 is 10.0 Å². The Morgan fingerprint density at radius 2 is 2.05 bits per heavy atom. The Labute approximate surface area is 122 Å². The van der Waals surface area contributed by atoms with Crippen LogP contribution in [-0.4, -0.2) is 20.6 Å². The van der Waals surface area contributed by atoms with Gasteiger partial charge in [0.15, 0.2) is 5.76 Å². The summed E-state index contributed by atoms with van der Waals surface area (Å²) in [6.45, 7) is 4.45. The summed E-state index contributed by atoms with van der Waals surface area (Å²) in [6.07, 6.45) is 0. The Hall–Kier alpha value is -1.22. The molecule has 2 aromatic rings. The van der Waals surface area contributed by atoms with Crippen LogP contribution in [0.5, 0.6) is 0 Å². The Bertz CT molecular complexity index is 689. The predicted octanol–water partition coefficient (Wildman–Crippen LogP) is 1.55. The van der Waals surface area contributed by atoms with Gasteiger partial charge >= 0.3 is 0 Å². The van der Waals surface area contributed by atoms with E-state index in [4.69, 9.17) is 4.52 Å². The highest BCUT2D eigenvalue weighted by molar-refractivity contribution is 7.91. The van der Waals surface area contributed by atoms with E-state index in [0.717, 1.165) is 16.1 Å². The molecule has 0 aliphatic rings. The lowest BCUT2D eigenvalue weighted by Crippen LogP contribution is -2.22. The van der Waals surface area contributed by atoms with Gasteiger partial charge in [-0.15, -0.1) is 11.3 Å². The van der Waals surface area contributed by atoms with Crippen molar-refractivity contribution >= 4 is 21.4 Å². The zero-order valence-corrected chi connectivity index (χ0v) is 13.2. The fourth-order valence-electron chi connectivity index (χ4n) is 1.69. The summed E-state index contributed by atoms with van der Waals surface area (Å²) in [4.78, 5) is 1.02. The van der Waals surface area contributed by atoms with Crippen molar-refractivity contribution in [3.05, 3.63) is 34.0 Å². The summed E-state index contributed by atoms with van der Waals surface area (Å²) in [5.74, 6) is 0.495. The molecule has 0 unspecified atom stereocenters. The highest BCUT2D eigenvalue weighted by Crippen LogP contribution is 2.25. The van der Waals surface area contributed by atoms with Crippen LogP contribution in [0.25, 0.3) is 0 Å². The summed E-state index contributed by atoms with van der Waals surface area (Å²) in [7, 11) is -1.69. The third-order valence-corrected chi connectivity index (χ3v) is 5.83. The zero-order chi connectivity index (χ0) is 14.8. The highest BCUT2D eigenvalue weighted by atomic mass is 32.2. The van der Waals surface area contributed by atoms with E-state index < -0.39 is 10.0 Å². The Kier molecular flexibility index (Phi) is 4.59. The number of hydrogen-bond donors (Lipinski definition) is 2. The molecule has 2 rings (SSSR count). The molecule has 110 valence electrons. The monoisotopic (exact) mass is 315 g/mol. The topological polar surface area (TPSA) is 84.2 Å². The molecule has 8 heteroatoms. The molecular weight excluding hydrogens is 298 g/mol. The minimum Gasteiger partial charge on any atom is -0.360 e. The van der Waals surface area contributed by atoms with Gasteiger partial charge in [0.05, 0.1) is 12.2 Å². The van der Waals surface area contributed by atoms with Crippen LogP contribution in [0, 0.1) is 13.8 Å². The molecule has 2 N–H and O–H groups in total. The van der Waals surface area contributed by atoms with Crippen LogP contribution in [-0.2, 0) is 23.1 Å². The van der Waals surface area contributed by atoms with Crippen molar-refractivity contribution in [3.63, 3.8) is 0 Å². The van der Waals surface area contributed by atoms with E-state index in [1.807, 2.05) is 14.0 Å². The Morgan fingerprint density at radius 1 is 1.30 bits per heavy atom. The van der Waals surface area contributed by atoms with Crippen molar-refractivity contribution in [1.29, 1.82) is 0 Å². The van der Waals surface area contributed by atoms with Gasteiger partial charge in [-0.05, 0) is 32.5 Å². The maximum absolute atomic E-state index is 12.2. The lowest BCUT2D eigenvalue weighted by atomic mass is 10.3. The van der Waals surface area contributed by atoms with E-state index in [9.17, 15) is 8.42 Å². The van der Waals surface area contributed by atoms with Crippen LogP contribution in [0.1, 0.15) is 21.9 Å². The van der Waals surface area contributed by atoms with Crippen molar-refractivity contribution < 1.29 is 12.9 Å². The van der Waals surface area contributed by atoms with Gasteiger partial charge in [-0.1, -0.05) is 5.16 Å². The molecule has 0 fully saturated rings. The molecule has 6 nitrogen and oxygen atoms in total. The number of hydrogen-bond acceptors (Lipinski definition) is 6. The molecule has 20 heavy (non-hydrogen) atoms. The quantitative estimate of drug-likeness (QED) is 0.845. The van der Waals surface area contributed by atoms with Crippen molar-refractivity contribution in [1.82, 2.24) is 15.2 Å². The first-order valence-corrected chi connectivity index (χ1v) is 8.38. The third kappa shape index (κ3) is 3.45. The molecule has 0 bridgehead atoms. The number of nitrogens with zero attached hydrogens (tertiary/aromatic N) is 1. The van der Waals surface area contributed by atoms with Crippen molar-refractivity contribution in [2.24, 2.45) is 0 Å². The summed E-state index contributed by atoms with van der Waals surface area (Å²) < 4.78 is 32.2. The smallest absolute Gasteiger partial charge is 0.250 e. The number of sulfonamides is 1. The molecule has 0 spiro atoms. The fourth-order valence-corrected chi connectivity index (χ4v) is 4.33. The number of nitrogens with one attached hydrogen (secondary N) is 2. The van der Waals surface area contributed by atoms with Gasteiger partial charge in [0.2, 0.25) is 10.0 Å². The van der Waals surface area contributed by atoms with E-state index >= 15 is 0 Å². The lowest BCUT2D eigenvalue weighted by molar-refractivity contribution is 0.377. The molecule has 2 heterocycles. The first-order chi connectivity index (χ1) is 9.42. The Balaban J connectivity index is 2.11. The SMILES string of the molecule is CNCc1sc(S(=O)(=O)NCc2cc(C)no2)cc1C. The summed E-state index contributed by atoms with van der Waals surface area (Å²) in [5.41, 5.74) is 1.70. The summed E-state index contributed by atoms with van der Waals surface area (Å²) in [5, 5.41) is 6.74. The zero-order valence-electron chi connectivity index (χ0n) is 11.6. The molecule has 0 saturated carbocycles. The molecule has 0 aliphatic carbocycles. The molecule has 0 aromatic carbocycles. The van der Waals surface area contributed by atoms with E-state index in [1.165, 1.54) is 11.3 Å². The van der Waals surface area contributed by atoms with Crippen LogP contribution in [0.2, 0.25) is 0 Å². The number of aryl methyl sites for hydroxylation is 2. The van der Waals surface area contributed by atoms with Crippen molar-refractivity contribution in [2.45, 2.75) is 31.1 Å². The van der Waals surface area contributed by atoms with Crippen molar-refractivity contribution in [3.8, 4) is 0 Å². The first-order valence-electron chi connectivity index (χ1n) is 6.08. The molecule has 0 aliphatic heterocycles. The number of thiophene rings is 1. The van der Waals surface area contributed by atoms with E-state index in [0.29, 0.717) is 16.5 Å². The first kappa shape index (κ1) is 15.2. The second kappa shape index (κ2) is 6.04. The predicted molar refractivity (Wildman–Crippen MR) is 77.1 cm³/mol. The maximum atomic E-state index is 12.2. The van der Waals surface area contributed by atoms with Crippen LogP contribution in [0.4, 0.5) is 0 Å². The van der Waals surface area contributed by atoms with Crippen LogP contribution >= 0.6 is 11.3 Å². The van der Waals surface area contributed by atoms with Crippen LogP contribution in [0.3, 0.4) is 0 Å². The molecule has 2 aromatic heterocycles. The summed E-state index contributed by atoms with van der Waals surface area (Å²) >= 11 is 1.27. The third-order valence-electron chi connectivity index (χ3n) is 2.71. The van der Waals surface area contributed by atoms with Crippen molar-refractivity contribution in [2.75, 3.05) is 7.05 Å². The average Bonchev–Trinajstić information content (AvgIpc) is 2.95. The van der Waals surface area contributed by atoms with Gasteiger partial charge in [0.25, 0.3) is 0 Å². The second-order valence-corrected chi connectivity index (χ2v) is 7.59. The molecule has 0 amide bonds. The maximum Gasteiger partial charge on any atom is 0.250 e. The van der Waals surface area contributed by atoms with Gasteiger partial charge in [0.1, 0.15) is 4.21 Å². The highest BCUT2D eigenvalue weighted by Gasteiger charge is 2.19. The lowest BCUT2D eigenvalue weighted by Gasteiger charge is -2.01. The van der Waals surface area contributed by atoms with Gasteiger partial charge < -0.3 is 9.84 Å². The number of rotatable bonds is 6. The van der Waals surface area contributed by atoms with Gasteiger partial charge in [-0.2, -0.15) is 0 Å². The van der Waals surface area contributed by atoms with Gasteiger partial charge in [-0.3, -0.25) is 0 Å².